The molecule has 0 bridgehead atoms. The summed E-state index contributed by atoms with van der Waals surface area (Å²) in [6.45, 7) is 8.25. The molecule has 6 heteroatoms. The van der Waals surface area contributed by atoms with Gasteiger partial charge in [-0.1, -0.05) is 6.92 Å². The molecule has 108 valence electrons. The third-order valence-corrected chi connectivity index (χ3v) is 3.10. The lowest BCUT2D eigenvalue weighted by Gasteiger charge is -2.09. The zero-order chi connectivity index (χ0) is 14.5. The number of carbonyl (C=O) groups excluding carboxylic acids is 1. The van der Waals surface area contributed by atoms with Crippen LogP contribution in [-0.2, 0) is 0 Å². The fourth-order valence-electron chi connectivity index (χ4n) is 2.05. The van der Waals surface area contributed by atoms with E-state index in [1.54, 1.807) is 10.7 Å². The maximum atomic E-state index is 12.1. The third-order valence-electron chi connectivity index (χ3n) is 3.10. The van der Waals surface area contributed by atoms with Gasteiger partial charge in [-0.2, -0.15) is 5.10 Å². The lowest BCUT2D eigenvalue weighted by Crippen LogP contribution is -2.32. The highest BCUT2D eigenvalue weighted by Crippen LogP contribution is 2.10. The van der Waals surface area contributed by atoms with Crippen LogP contribution in [0.5, 0.6) is 0 Å². The van der Waals surface area contributed by atoms with E-state index in [9.17, 15) is 4.79 Å². The predicted octanol–water partition coefficient (Wildman–Crippen LogP) is 1.08. The van der Waals surface area contributed by atoms with Gasteiger partial charge in [0.15, 0.2) is 5.65 Å². The van der Waals surface area contributed by atoms with E-state index in [0.29, 0.717) is 12.1 Å². The third kappa shape index (κ3) is 3.14. The van der Waals surface area contributed by atoms with Gasteiger partial charge in [0.2, 0.25) is 0 Å². The number of nitrogens with zero attached hydrogens (tertiary/aromatic N) is 3. The van der Waals surface area contributed by atoms with E-state index in [1.807, 2.05) is 19.9 Å². The molecule has 0 aliphatic heterocycles. The molecule has 2 heterocycles. The van der Waals surface area contributed by atoms with Gasteiger partial charge in [0.05, 0.1) is 17.0 Å². The van der Waals surface area contributed by atoms with Crippen molar-refractivity contribution >= 4 is 11.6 Å². The number of rotatable bonds is 6. The summed E-state index contributed by atoms with van der Waals surface area (Å²) in [7, 11) is 0. The summed E-state index contributed by atoms with van der Waals surface area (Å²) < 4.78 is 1.71. The fraction of sp³-hybridized carbons (Fsp3) is 0.500. The van der Waals surface area contributed by atoms with Crippen LogP contribution in [0.2, 0.25) is 0 Å². The molecule has 0 aliphatic carbocycles. The summed E-state index contributed by atoms with van der Waals surface area (Å²) in [6, 6.07) is 1.89. The Morgan fingerprint density at radius 1 is 1.30 bits per heavy atom. The van der Waals surface area contributed by atoms with Crippen molar-refractivity contribution in [3.63, 3.8) is 0 Å². The molecule has 2 aromatic rings. The first kappa shape index (κ1) is 14.5. The quantitative estimate of drug-likeness (QED) is 0.774. The van der Waals surface area contributed by atoms with Crippen molar-refractivity contribution in [3.05, 3.63) is 29.2 Å². The number of carbonyl (C=O) groups is 1. The first-order valence-corrected chi connectivity index (χ1v) is 6.94. The Morgan fingerprint density at radius 3 is 2.85 bits per heavy atom. The van der Waals surface area contributed by atoms with Gasteiger partial charge in [-0.05, 0) is 26.8 Å². The zero-order valence-corrected chi connectivity index (χ0v) is 12.2. The first-order chi connectivity index (χ1) is 9.63. The van der Waals surface area contributed by atoms with E-state index in [0.717, 1.165) is 36.5 Å². The summed E-state index contributed by atoms with van der Waals surface area (Å²) in [5.41, 5.74) is 3.03. The van der Waals surface area contributed by atoms with Crippen LogP contribution >= 0.6 is 0 Å². The molecule has 0 saturated heterocycles. The molecule has 2 rings (SSSR count). The van der Waals surface area contributed by atoms with E-state index in [4.69, 9.17) is 0 Å². The fourth-order valence-corrected chi connectivity index (χ4v) is 2.05. The van der Waals surface area contributed by atoms with Gasteiger partial charge < -0.3 is 10.6 Å². The highest BCUT2D eigenvalue weighted by molar-refractivity contribution is 5.95. The number of nitrogens with one attached hydrogen (secondary N) is 2. The van der Waals surface area contributed by atoms with Crippen LogP contribution in [0.15, 0.2) is 12.3 Å². The van der Waals surface area contributed by atoms with E-state index in [2.05, 4.69) is 27.6 Å². The van der Waals surface area contributed by atoms with Crippen molar-refractivity contribution in [3.8, 4) is 0 Å². The van der Waals surface area contributed by atoms with E-state index >= 15 is 0 Å². The van der Waals surface area contributed by atoms with Crippen LogP contribution in [0.1, 0.15) is 35.1 Å². The molecule has 20 heavy (non-hydrogen) atoms. The summed E-state index contributed by atoms with van der Waals surface area (Å²) >= 11 is 0. The monoisotopic (exact) mass is 275 g/mol. The summed E-state index contributed by atoms with van der Waals surface area (Å²) in [5.74, 6) is -0.108. The Balaban J connectivity index is 2.04. The van der Waals surface area contributed by atoms with Crippen molar-refractivity contribution in [1.82, 2.24) is 25.2 Å². The van der Waals surface area contributed by atoms with Crippen LogP contribution in [0.3, 0.4) is 0 Å². The van der Waals surface area contributed by atoms with Crippen molar-refractivity contribution in [2.45, 2.75) is 27.2 Å². The SMILES string of the molecule is CCCNCCNC(=O)c1cnc2cc(C)nn2c1C. The van der Waals surface area contributed by atoms with Crippen molar-refractivity contribution in [2.24, 2.45) is 0 Å². The normalized spacial score (nSPS) is 10.9. The van der Waals surface area contributed by atoms with Gasteiger partial charge in [-0.25, -0.2) is 9.50 Å². The standard InChI is InChI=1S/C14H21N5O/c1-4-5-15-6-7-16-14(20)12-9-17-13-8-10(2)18-19(13)11(12)3/h8-9,15H,4-7H2,1-3H3,(H,16,20). The lowest BCUT2D eigenvalue weighted by atomic mass is 10.2. The molecule has 0 aliphatic rings. The van der Waals surface area contributed by atoms with Gasteiger partial charge in [0.1, 0.15) is 0 Å². The summed E-state index contributed by atoms with van der Waals surface area (Å²) in [5, 5.41) is 10.5. The van der Waals surface area contributed by atoms with E-state index in [-0.39, 0.29) is 5.91 Å². The summed E-state index contributed by atoms with van der Waals surface area (Å²) in [4.78, 5) is 16.4. The summed E-state index contributed by atoms with van der Waals surface area (Å²) in [6.07, 6.45) is 2.70. The minimum Gasteiger partial charge on any atom is -0.351 e. The van der Waals surface area contributed by atoms with Crippen molar-refractivity contribution in [1.29, 1.82) is 0 Å². The number of hydrogen-bond acceptors (Lipinski definition) is 4. The second kappa shape index (κ2) is 6.47. The topological polar surface area (TPSA) is 71.3 Å². The molecule has 6 nitrogen and oxygen atoms in total. The molecule has 2 aromatic heterocycles. The molecule has 0 saturated carbocycles. The van der Waals surface area contributed by atoms with Crippen LogP contribution < -0.4 is 10.6 Å². The molecule has 0 spiro atoms. The van der Waals surface area contributed by atoms with Gasteiger partial charge in [0, 0.05) is 25.4 Å². The number of aryl methyl sites for hydroxylation is 2. The maximum Gasteiger partial charge on any atom is 0.254 e. The predicted molar refractivity (Wildman–Crippen MR) is 78.0 cm³/mol. The average Bonchev–Trinajstić information content (AvgIpc) is 2.80. The Bertz CT molecular complexity index is 605. The van der Waals surface area contributed by atoms with Gasteiger partial charge in [-0.3, -0.25) is 4.79 Å². The maximum absolute atomic E-state index is 12.1. The second-order valence-corrected chi connectivity index (χ2v) is 4.82. The van der Waals surface area contributed by atoms with Crippen molar-refractivity contribution in [2.75, 3.05) is 19.6 Å². The smallest absolute Gasteiger partial charge is 0.254 e. The van der Waals surface area contributed by atoms with Crippen LogP contribution in [0, 0.1) is 13.8 Å². The molecular formula is C14H21N5O. The average molecular weight is 275 g/mol. The number of hydrogen-bond donors (Lipinski definition) is 2. The Morgan fingerprint density at radius 2 is 2.10 bits per heavy atom. The van der Waals surface area contributed by atoms with Crippen LogP contribution in [0.25, 0.3) is 5.65 Å². The van der Waals surface area contributed by atoms with Gasteiger partial charge >= 0.3 is 0 Å². The molecule has 2 N–H and O–H groups in total. The van der Waals surface area contributed by atoms with E-state index in [1.165, 1.54) is 0 Å². The Labute approximate surface area is 118 Å². The first-order valence-electron chi connectivity index (χ1n) is 6.94. The molecule has 0 atom stereocenters. The lowest BCUT2D eigenvalue weighted by molar-refractivity contribution is 0.0952. The molecule has 0 unspecified atom stereocenters. The van der Waals surface area contributed by atoms with Gasteiger partial charge in [-0.15, -0.1) is 0 Å². The molecular weight excluding hydrogens is 254 g/mol. The molecule has 0 fully saturated rings. The number of fused-ring (bicyclic) bond motifs is 1. The largest absolute Gasteiger partial charge is 0.351 e. The molecule has 0 radical (unpaired) electrons. The minimum absolute atomic E-state index is 0.108. The van der Waals surface area contributed by atoms with Crippen LogP contribution in [-0.4, -0.2) is 40.1 Å². The van der Waals surface area contributed by atoms with Crippen molar-refractivity contribution < 1.29 is 4.79 Å². The van der Waals surface area contributed by atoms with E-state index < -0.39 is 0 Å². The number of aromatic nitrogens is 3. The van der Waals surface area contributed by atoms with Crippen LogP contribution in [0.4, 0.5) is 0 Å². The van der Waals surface area contributed by atoms with Gasteiger partial charge in [0.25, 0.3) is 5.91 Å². The Hall–Kier alpha value is -1.95. The Kier molecular flexibility index (Phi) is 4.68. The molecule has 1 amide bonds. The zero-order valence-electron chi connectivity index (χ0n) is 12.2. The highest BCUT2D eigenvalue weighted by Gasteiger charge is 2.13. The highest BCUT2D eigenvalue weighted by atomic mass is 16.1. The second-order valence-electron chi connectivity index (χ2n) is 4.82. The molecule has 0 aromatic carbocycles. The minimum atomic E-state index is -0.108. The number of amides is 1.